The summed E-state index contributed by atoms with van der Waals surface area (Å²) in [5.41, 5.74) is 1.34. The summed E-state index contributed by atoms with van der Waals surface area (Å²) in [6.45, 7) is 0.412. The number of benzene rings is 1. The molecule has 1 saturated carbocycles. The van der Waals surface area contributed by atoms with Crippen LogP contribution in [0.4, 0.5) is 5.69 Å². The van der Waals surface area contributed by atoms with Gasteiger partial charge in [-0.2, -0.15) is 5.10 Å². The van der Waals surface area contributed by atoms with Crippen LogP contribution in [0.25, 0.3) is 0 Å². The van der Waals surface area contributed by atoms with Crippen molar-refractivity contribution >= 4 is 17.3 Å². The summed E-state index contributed by atoms with van der Waals surface area (Å²) in [7, 11) is 1.74. The second kappa shape index (κ2) is 7.81. The molecule has 0 spiro atoms. The van der Waals surface area contributed by atoms with Gasteiger partial charge in [-0.05, 0) is 31.2 Å². The highest BCUT2D eigenvalue weighted by Gasteiger charge is 2.22. The molecule has 1 fully saturated rings. The number of ether oxygens (including phenoxy) is 1. The second-order valence-corrected chi connectivity index (χ2v) is 6.56. The van der Waals surface area contributed by atoms with E-state index in [1.165, 1.54) is 4.68 Å². The lowest BCUT2D eigenvalue weighted by atomic mass is 9.93. The maximum atomic E-state index is 12.5. The SMILES string of the molecule is COC1CCCC(Nc2cnn(Cc3ccccc3)c(=O)c2Cl)C1. The van der Waals surface area contributed by atoms with Gasteiger partial charge in [0.2, 0.25) is 0 Å². The van der Waals surface area contributed by atoms with Crippen LogP contribution in [0, 0.1) is 0 Å². The van der Waals surface area contributed by atoms with Crippen LogP contribution in [-0.4, -0.2) is 29.0 Å². The predicted octanol–water partition coefficient (Wildman–Crippen LogP) is 3.31. The Balaban J connectivity index is 1.74. The first-order valence-electron chi connectivity index (χ1n) is 8.26. The van der Waals surface area contributed by atoms with E-state index in [2.05, 4.69) is 10.4 Å². The molecule has 2 atom stereocenters. The minimum atomic E-state index is -0.273. The summed E-state index contributed by atoms with van der Waals surface area (Å²) in [5.74, 6) is 0. The van der Waals surface area contributed by atoms with Gasteiger partial charge in [-0.1, -0.05) is 41.9 Å². The van der Waals surface area contributed by atoms with Crippen molar-refractivity contribution in [2.24, 2.45) is 0 Å². The minimum absolute atomic E-state index is 0.195. The van der Waals surface area contributed by atoms with Crippen molar-refractivity contribution in [1.82, 2.24) is 9.78 Å². The first-order chi connectivity index (χ1) is 11.7. The molecule has 0 amide bonds. The molecule has 0 saturated heterocycles. The molecule has 1 aliphatic carbocycles. The molecule has 128 valence electrons. The smallest absolute Gasteiger partial charge is 0.287 e. The van der Waals surface area contributed by atoms with Gasteiger partial charge in [-0.25, -0.2) is 4.68 Å². The van der Waals surface area contributed by atoms with Crippen LogP contribution in [0.15, 0.2) is 41.3 Å². The molecule has 6 heteroatoms. The maximum absolute atomic E-state index is 12.5. The lowest BCUT2D eigenvalue weighted by Gasteiger charge is -2.29. The Labute approximate surface area is 146 Å². The minimum Gasteiger partial charge on any atom is -0.381 e. The first-order valence-corrected chi connectivity index (χ1v) is 8.64. The molecule has 1 aliphatic rings. The van der Waals surface area contributed by atoms with Gasteiger partial charge in [0.15, 0.2) is 0 Å². The molecule has 1 N–H and O–H groups in total. The fourth-order valence-electron chi connectivity index (χ4n) is 3.14. The van der Waals surface area contributed by atoms with Crippen molar-refractivity contribution in [3.8, 4) is 0 Å². The third kappa shape index (κ3) is 3.97. The van der Waals surface area contributed by atoms with Crippen molar-refractivity contribution in [3.63, 3.8) is 0 Å². The molecule has 0 aliphatic heterocycles. The predicted molar refractivity (Wildman–Crippen MR) is 95.7 cm³/mol. The van der Waals surface area contributed by atoms with Crippen LogP contribution in [0.1, 0.15) is 31.2 Å². The summed E-state index contributed by atoms with van der Waals surface area (Å²) in [5, 5.41) is 7.82. The topological polar surface area (TPSA) is 56.1 Å². The Morgan fingerprint density at radius 1 is 1.33 bits per heavy atom. The number of methoxy groups -OCH3 is 1. The molecule has 5 nitrogen and oxygen atoms in total. The van der Waals surface area contributed by atoms with Crippen LogP contribution >= 0.6 is 11.6 Å². The number of anilines is 1. The number of aromatic nitrogens is 2. The van der Waals surface area contributed by atoms with Crippen LogP contribution in [0.5, 0.6) is 0 Å². The lowest BCUT2D eigenvalue weighted by Crippen LogP contribution is -2.32. The molecular formula is C18H22ClN3O2. The summed E-state index contributed by atoms with van der Waals surface area (Å²) >= 11 is 6.29. The quantitative estimate of drug-likeness (QED) is 0.901. The second-order valence-electron chi connectivity index (χ2n) is 6.19. The van der Waals surface area contributed by atoms with Gasteiger partial charge < -0.3 is 10.1 Å². The van der Waals surface area contributed by atoms with Crippen LogP contribution in [0.3, 0.4) is 0 Å². The third-order valence-electron chi connectivity index (χ3n) is 4.48. The van der Waals surface area contributed by atoms with Gasteiger partial charge in [0.1, 0.15) is 5.02 Å². The zero-order valence-corrected chi connectivity index (χ0v) is 14.5. The lowest BCUT2D eigenvalue weighted by molar-refractivity contribution is 0.0669. The number of nitrogens with one attached hydrogen (secondary N) is 1. The van der Waals surface area contributed by atoms with Crippen molar-refractivity contribution in [1.29, 1.82) is 0 Å². The van der Waals surface area contributed by atoms with E-state index in [1.54, 1.807) is 13.3 Å². The van der Waals surface area contributed by atoms with E-state index in [9.17, 15) is 4.79 Å². The Bertz CT molecular complexity index is 733. The summed E-state index contributed by atoms with van der Waals surface area (Å²) in [4.78, 5) is 12.5. The monoisotopic (exact) mass is 347 g/mol. The summed E-state index contributed by atoms with van der Waals surface area (Å²) < 4.78 is 6.83. The van der Waals surface area contributed by atoms with E-state index >= 15 is 0 Å². The van der Waals surface area contributed by atoms with Gasteiger partial charge in [0.05, 0.1) is 24.5 Å². The van der Waals surface area contributed by atoms with Gasteiger partial charge >= 0.3 is 0 Å². The molecule has 2 unspecified atom stereocenters. The highest BCUT2D eigenvalue weighted by Crippen LogP contribution is 2.25. The zero-order chi connectivity index (χ0) is 16.9. The average molecular weight is 348 g/mol. The first kappa shape index (κ1) is 17.0. The van der Waals surface area contributed by atoms with Crippen molar-refractivity contribution < 1.29 is 4.74 Å². The maximum Gasteiger partial charge on any atom is 0.287 e. The number of halogens is 1. The highest BCUT2D eigenvalue weighted by molar-refractivity contribution is 6.32. The van der Waals surface area contributed by atoms with Crippen molar-refractivity contribution in [3.05, 3.63) is 57.5 Å². The fourth-order valence-corrected chi connectivity index (χ4v) is 3.35. The van der Waals surface area contributed by atoms with Crippen molar-refractivity contribution in [2.75, 3.05) is 12.4 Å². The standard InChI is InChI=1S/C18H22ClN3O2/c1-24-15-9-5-8-14(10-15)21-16-11-20-22(18(23)17(16)19)12-13-6-3-2-4-7-13/h2-4,6-7,11,14-15,21H,5,8-10,12H2,1H3. The fraction of sp³-hybridized carbons (Fsp3) is 0.444. The Hall–Kier alpha value is -1.85. The largest absolute Gasteiger partial charge is 0.381 e. The molecule has 3 rings (SSSR count). The molecule has 0 bridgehead atoms. The Kier molecular flexibility index (Phi) is 5.53. The zero-order valence-electron chi connectivity index (χ0n) is 13.7. The van der Waals surface area contributed by atoms with E-state index in [0.717, 1.165) is 31.2 Å². The van der Waals surface area contributed by atoms with Gasteiger partial charge in [0.25, 0.3) is 5.56 Å². The summed E-state index contributed by atoms with van der Waals surface area (Å²) in [6, 6.07) is 9.99. The molecule has 24 heavy (non-hydrogen) atoms. The van der Waals surface area contributed by atoms with Crippen LogP contribution < -0.4 is 10.9 Å². The molecule has 1 heterocycles. The van der Waals surface area contributed by atoms with Crippen molar-refractivity contribution in [2.45, 2.75) is 44.4 Å². The van der Waals surface area contributed by atoms with E-state index in [0.29, 0.717) is 12.2 Å². The van der Waals surface area contributed by atoms with E-state index in [1.807, 2.05) is 30.3 Å². The summed E-state index contributed by atoms with van der Waals surface area (Å²) in [6.07, 6.45) is 6.05. The van der Waals surface area contributed by atoms with Gasteiger partial charge in [0, 0.05) is 13.2 Å². The van der Waals surface area contributed by atoms with E-state index in [-0.39, 0.29) is 22.7 Å². The number of hydrogen-bond acceptors (Lipinski definition) is 4. The number of nitrogens with zero attached hydrogens (tertiary/aromatic N) is 2. The average Bonchev–Trinajstić information content (AvgIpc) is 2.62. The molecule has 1 aromatic carbocycles. The van der Waals surface area contributed by atoms with E-state index in [4.69, 9.17) is 16.3 Å². The molecule has 0 radical (unpaired) electrons. The normalized spacial score (nSPS) is 20.8. The number of hydrogen-bond donors (Lipinski definition) is 1. The number of rotatable bonds is 5. The molecular weight excluding hydrogens is 326 g/mol. The van der Waals surface area contributed by atoms with E-state index < -0.39 is 0 Å². The highest BCUT2D eigenvalue weighted by atomic mass is 35.5. The molecule has 1 aromatic heterocycles. The molecule has 2 aromatic rings. The van der Waals surface area contributed by atoms with Gasteiger partial charge in [-0.3, -0.25) is 4.79 Å². The van der Waals surface area contributed by atoms with Gasteiger partial charge in [-0.15, -0.1) is 0 Å². The Morgan fingerprint density at radius 3 is 2.88 bits per heavy atom. The van der Waals surface area contributed by atoms with Crippen LogP contribution in [-0.2, 0) is 11.3 Å². The third-order valence-corrected chi connectivity index (χ3v) is 4.84. The van der Waals surface area contributed by atoms with Crippen LogP contribution in [0.2, 0.25) is 5.02 Å². The Morgan fingerprint density at radius 2 is 2.12 bits per heavy atom.